The molecule has 0 spiro atoms. The molecule has 0 saturated heterocycles. The van der Waals surface area contributed by atoms with Crippen LogP contribution in [-0.4, -0.2) is 0 Å². The molecule has 1 unspecified atom stereocenters. The first kappa shape index (κ1) is 36.1. The molecule has 7 aromatic rings. The van der Waals surface area contributed by atoms with Crippen LogP contribution in [0.1, 0.15) is 18.4 Å². The smallest absolute Gasteiger partial charge is 0.417 e. The zero-order chi connectivity index (χ0) is 37.1. The number of para-hydroxylation sites is 1. The lowest BCUT2D eigenvalue weighted by Gasteiger charge is -2.22. The third-order valence-corrected chi connectivity index (χ3v) is 10.9. The molecule has 0 amide bonds. The van der Waals surface area contributed by atoms with Crippen molar-refractivity contribution in [3.63, 3.8) is 0 Å². The Hall–Kier alpha value is -5.90. The summed E-state index contributed by atoms with van der Waals surface area (Å²) in [4.78, 5) is 0. The monoisotopic (exact) mass is 760 g/mol. The van der Waals surface area contributed by atoms with Crippen molar-refractivity contribution in [1.82, 2.24) is 0 Å². The van der Waals surface area contributed by atoms with Gasteiger partial charge in [0.05, 0.1) is 6.61 Å². The highest BCUT2D eigenvalue weighted by atomic mass is 31.2. The van der Waals surface area contributed by atoms with Crippen molar-refractivity contribution in [1.29, 1.82) is 0 Å². The van der Waals surface area contributed by atoms with Gasteiger partial charge in [0, 0.05) is 28.1 Å². The lowest BCUT2D eigenvalue weighted by molar-refractivity contribution is 0.254. The van der Waals surface area contributed by atoms with Crippen molar-refractivity contribution in [3.8, 4) is 23.0 Å². The van der Waals surface area contributed by atoms with Crippen LogP contribution in [-0.2, 0) is 15.7 Å². The van der Waals surface area contributed by atoms with Crippen molar-refractivity contribution in [2.24, 2.45) is 0 Å². The molecule has 7 aromatic carbocycles. The maximum absolute atomic E-state index is 6.68. The lowest BCUT2D eigenvalue weighted by Crippen LogP contribution is -2.04. The summed E-state index contributed by atoms with van der Waals surface area (Å²) in [5.74, 6) is 3.30. The second kappa shape index (κ2) is 18.0. The molecular weight excluding hydrogens is 722 g/mol. The van der Waals surface area contributed by atoms with Gasteiger partial charge >= 0.3 is 17.2 Å². The van der Waals surface area contributed by atoms with Gasteiger partial charge in [-0.25, -0.2) is 0 Å². The number of fused-ring (bicyclic) bond motifs is 3. The SMILES string of the molecule is C1=C\C/C=C\C=C(\OP(Oc2ccccc2COP(Oc2cccc3ccccc23)Oc2cccc3ccccc23)Oc2cccc3ccccc23)C\C=C/1. The van der Waals surface area contributed by atoms with Crippen LogP contribution in [0.3, 0.4) is 0 Å². The van der Waals surface area contributed by atoms with Crippen LogP contribution >= 0.6 is 17.2 Å². The van der Waals surface area contributed by atoms with E-state index in [0.29, 0.717) is 29.4 Å². The maximum atomic E-state index is 6.68. The van der Waals surface area contributed by atoms with E-state index >= 15 is 0 Å². The Labute approximate surface area is 323 Å². The Morgan fingerprint density at radius 2 is 0.855 bits per heavy atom. The third kappa shape index (κ3) is 9.25. The fraction of sp³-hybridized carbons (Fsp3) is 0.0638. The van der Waals surface area contributed by atoms with Crippen LogP contribution < -0.4 is 18.1 Å². The molecule has 8 rings (SSSR count). The highest BCUT2D eigenvalue weighted by molar-refractivity contribution is 7.43. The molecule has 0 N–H and O–H groups in total. The summed E-state index contributed by atoms with van der Waals surface area (Å²) in [7, 11) is -3.92. The minimum absolute atomic E-state index is 0.134. The van der Waals surface area contributed by atoms with Crippen LogP contribution in [0.25, 0.3) is 32.3 Å². The van der Waals surface area contributed by atoms with Gasteiger partial charge in [-0.2, -0.15) is 0 Å². The Morgan fingerprint density at radius 1 is 0.400 bits per heavy atom. The number of hydrogen-bond acceptors (Lipinski definition) is 6. The van der Waals surface area contributed by atoms with Crippen LogP contribution in [0.15, 0.2) is 200 Å². The minimum atomic E-state index is -1.97. The van der Waals surface area contributed by atoms with E-state index in [1.54, 1.807) is 0 Å². The summed E-state index contributed by atoms with van der Waals surface area (Å²) < 4.78 is 39.6. The Morgan fingerprint density at radius 3 is 1.47 bits per heavy atom. The summed E-state index contributed by atoms with van der Waals surface area (Å²) in [6.07, 6.45) is 15.7. The van der Waals surface area contributed by atoms with Gasteiger partial charge in [-0.1, -0.05) is 164 Å². The van der Waals surface area contributed by atoms with Crippen molar-refractivity contribution in [2.45, 2.75) is 19.4 Å². The molecule has 0 bridgehead atoms. The molecule has 55 heavy (non-hydrogen) atoms. The van der Waals surface area contributed by atoms with E-state index in [1.807, 2.05) is 140 Å². The molecule has 0 heterocycles. The van der Waals surface area contributed by atoms with Gasteiger partial charge < -0.3 is 22.6 Å². The normalized spacial score (nSPS) is 16.1. The summed E-state index contributed by atoms with van der Waals surface area (Å²) in [6.45, 7) is 0.134. The highest BCUT2D eigenvalue weighted by Crippen LogP contribution is 2.49. The average Bonchev–Trinajstić information content (AvgIpc) is 3.23. The molecule has 1 aliphatic carbocycles. The molecule has 0 aromatic heterocycles. The zero-order valence-electron chi connectivity index (χ0n) is 29.9. The number of hydrogen-bond donors (Lipinski definition) is 0. The number of rotatable bonds is 13. The van der Waals surface area contributed by atoms with Crippen LogP contribution in [0, 0.1) is 0 Å². The van der Waals surface area contributed by atoms with Gasteiger partial charge in [-0.3, -0.25) is 4.52 Å². The predicted octanol–water partition coefficient (Wildman–Crippen LogP) is 14.1. The zero-order valence-corrected chi connectivity index (χ0v) is 31.7. The fourth-order valence-electron chi connectivity index (χ4n) is 6.09. The Balaban J connectivity index is 1.08. The van der Waals surface area contributed by atoms with E-state index in [2.05, 4.69) is 54.6 Å². The molecule has 0 saturated carbocycles. The van der Waals surface area contributed by atoms with Crippen LogP contribution in [0.4, 0.5) is 0 Å². The first-order valence-electron chi connectivity index (χ1n) is 18.1. The maximum Gasteiger partial charge on any atom is 0.529 e. The molecule has 0 radical (unpaired) electrons. The summed E-state index contributed by atoms with van der Waals surface area (Å²) in [5, 5.41) is 6.08. The van der Waals surface area contributed by atoms with Crippen molar-refractivity contribution in [3.05, 3.63) is 206 Å². The van der Waals surface area contributed by atoms with Gasteiger partial charge in [0.25, 0.3) is 0 Å². The summed E-state index contributed by atoms with van der Waals surface area (Å²) in [5.41, 5.74) is 0.778. The van der Waals surface area contributed by atoms with Crippen LogP contribution in [0.2, 0.25) is 0 Å². The average molecular weight is 761 g/mol. The number of allylic oxidation sites excluding steroid dienone is 7. The van der Waals surface area contributed by atoms with E-state index < -0.39 is 17.2 Å². The summed E-state index contributed by atoms with van der Waals surface area (Å²) in [6, 6.07) is 50.0. The van der Waals surface area contributed by atoms with Gasteiger partial charge in [-0.05, 0) is 52.9 Å². The number of benzene rings is 7. The molecule has 1 aliphatic rings. The van der Waals surface area contributed by atoms with E-state index in [4.69, 9.17) is 27.1 Å². The topological polar surface area (TPSA) is 55.4 Å². The van der Waals surface area contributed by atoms with Gasteiger partial charge in [0.2, 0.25) is 0 Å². The predicted molar refractivity (Wildman–Crippen MR) is 225 cm³/mol. The van der Waals surface area contributed by atoms with Gasteiger partial charge in [0.15, 0.2) is 0 Å². The molecular formula is C47H38O6P2. The Kier molecular flexibility index (Phi) is 11.8. The standard InChI is InChI=1S/C47H38O6P2/c1-2-4-6-26-40(27-7-5-3-1)49-55(53-47-34-18-25-38-21-10-14-30-43(38)47)50-44-31-15-11-22-39(44)35-48-54(51-45-32-16-23-36-19-8-12-28-41(36)45)52-46-33-17-24-37-20-9-13-29-42(37)46/h1-2,4-25,27-34H,3,26,35H2/b2-1-,6-4-,7-5-,40-27+. The third-order valence-electron chi connectivity index (χ3n) is 8.82. The summed E-state index contributed by atoms with van der Waals surface area (Å²) >= 11 is 0. The van der Waals surface area contributed by atoms with E-state index in [9.17, 15) is 0 Å². The molecule has 6 nitrogen and oxygen atoms in total. The van der Waals surface area contributed by atoms with Crippen molar-refractivity contribution < 1.29 is 27.1 Å². The first-order valence-corrected chi connectivity index (χ1v) is 20.3. The largest absolute Gasteiger partial charge is 0.529 e. The fourth-order valence-corrected chi connectivity index (χ4v) is 8.22. The quantitative estimate of drug-likeness (QED) is 0.109. The highest BCUT2D eigenvalue weighted by Gasteiger charge is 2.25. The van der Waals surface area contributed by atoms with E-state index in [-0.39, 0.29) is 6.61 Å². The molecule has 272 valence electrons. The Bertz CT molecular complexity index is 2430. The second-order valence-electron chi connectivity index (χ2n) is 12.6. The second-order valence-corrected chi connectivity index (χ2v) is 14.6. The van der Waals surface area contributed by atoms with Gasteiger partial charge in [-0.15, -0.1) is 0 Å². The van der Waals surface area contributed by atoms with Crippen molar-refractivity contribution >= 4 is 49.5 Å². The van der Waals surface area contributed by atoms with Gasteiger partial charge in [0.1, 0.15) is 28.8 Å². The molecule has 0 aliphatic heterocycles. The minimum Gasteiger partial charge on any atom is -0.417 e. The van der Waals surface area contributed by atoms with Crippen LogP contribution in [0.5, 0.6) is 23.0 Å². The van der Waals surface area contributed by atoms with Crippen molar-refractivity contribution in [2.75, 3.05) is 0 Å². The molecule has 8 heteroatoms. The molecule has 0 fully saturated rings. The van der Waals surface area contributed by atoms with E-state index in [0.717, 1.165) is 50.1 Å². The molecule has 1 atom stereocenters. The first-order chi connectivity index (χ1) is 27.3. The van der Waals surface area contributed by atoms with E-state index in [1.165, 1.54) is 0 Å². The lowest BCUT2D eigenvalue weighted by atomic mass is 10.1.